The summed E-state index contributed by atoms with van der Waals surface area (Å²) in [5.41, 5.74) is 8.03. The highest BCUT2D eigenvalue weighted by atomic mass is 15.0. The molecule has 0 aromatic heterocycles. The van der Waals surface area contributed by atoms with Crippen molar-refractivity contribution in [2.75, 3.05) is 0 Å². The summed E-state index contributed by atoms with van der Waals surface area (Å²) in [5, 5.41) is 3.39. The molecule has 0 bridgehead atoms. The minimum Gasteiger partial charge on any atom is -0.399 e. The second-order valence-corrected chi connectivity index (χ2v) is 4.92. The number of hydrogen-bond donors (Lipinski definition) is 2. The quantitative estimate of drug-likeness (QED) is 0.701. The van der Waals surface area contributed by atoms with Crippen LogP contribution in [-0.4, -0.2) is 5.54 Å². The first-order chi connectivity index (χ1) is 8.31. The molecule has 0 fully saturated rings. The van der Waals surface area contributed by atoms with Crippen molar-refractivity contribution < 1.29 is 0 Å². The predicted octanol–water partition coefficient (Wildman–Crippen LogP) is 3.59. The Bertz CT molecular complexity index is 401. The van der Waals surface area contributed by atoms with E-state index in [0.29, 0.717) is 5.70 Å². The first-order valence-electron chi connectivity index (χ1n) is 5.87. The van der Waals surface area contributed by atoms with Crippen LogP contribution in [0.3, 0.4) is 0 Å². The molecule has 2 nitrogen and oxygen atoms in total. The molecular weight excluding hydrogens is 220 g/mol. The van der Waals surface area contributed by atoms with E-state index in [4.69, 9.17) is 5.73 Å². The fraction of sp³-hybridized carbons (Fsp3) is 0.250. The van der Waals surface area contributed by atoms with Crippen molar-refractivity contribution in [1.82, 2.24) is 5.32 Å². The molecule has 0 aromatic rings. The van der Waals surface area contributed by atoms with Gasteiger partial charge in [0.05, 0.1) is 0 Å². The molecule has 3 N–H and O–H groups in total. The lowest BCUT2D eigenvalue weighted by Gasteiger charge is -2.25. The Kier molecular flexibility index (Phi) is 6.58. The lowest BCUT2D eigenvalue weighted by Crippen LogP contribution is -2.36. The fourth-order valence-electron chi connectivity index (χ4n) is 1.32. The number of rotatable bonds is 6. The molecule has 0 aliphatic heterocycles. The monoisotopic (exact) mass is 244 g/mol. The molecular formula is C16H24N2. The van der Waals surface area contributed by atoms with E-state index in [1.807, 2.05) is 24.3 Å². The van der Waals surface area contributed by atoms with Gasteiger partial charge >= 0.3 is 0 Å². The molecule has 0 radical (unpaired) electrons. The highest BCUT2D eigenvalue weighted by molar-refractivity contribution is 5.46. The van der Waals surface area contributed by atoms with Crippen molar-refractivity contribution in [3.8, 4) is 0 Å². The zero-order valence-electron chi connectivity index (χ0n) is 11.7. The highest BCUT2D eigenvalue weighted by Gasteiger charge is 2.14. The van der Waals surface area contributed by atoms with Gasteiger partial charge in [-0.3, -0.25) is 0 Å². The van der Waals surface area contributed by atoms with Crippen molar-refractivity contribution in [3.63, 3.8) is 0 Å². The van der Waals surface area contributed by atoms with Crippen LogP contribution in [0.5, 0.6) is 0 Å². The second-order valence-electron chi connectivity index (χ2n) is 4.92. The third-order valence-electron chi connectivity index (χ3n) is 1.94. The lowest BCUT2D eigenvalue weighted by atomic mass is 10.0. The molecule has 0 spiro atoms. The van der Waals surface area contributed by atoms with E-state index in [2.05, 4.69) is 45.8 Å². The lowest BCUT2D eigenvalue weighted by molar-refractivity contribution is 0.477. The van der Waals surface area contributed by atoms with Crippen LogP contribution < -0.4 is 11.1 Å². The normalized spacial score (nSPS) is 13.5. The average molecular weight is 244 g/mol. The van der Waals surface area contributed by atoms with Crippen LogP contribution in [0, 0.1) is 0 Å². The van der Waals surface area contributed by atoms with E-state index >= 15 is 0 Å². The third-order valence-corrected chi connectivity index (χ3v) is 1.94. The molecule has 0 rings (SSSR count). The van der Waals surface area contributed by atoms with Gasteiger partial charge in [-0.15, -0.1) is 0 Å². The Balaban J connectivity index is 5.39. The summed E-state index contributed by atoms with van der Waals surface area (Å²) < 4.78 is 0. The summed E-state index contributed by atoms with van der Waals surface area (Å²) in [7, 11) is 0. The average Bonchev–Trinajstić information content (AvgIpc) is 2.21. The Hall–Kier alpha value is -1.96. The van der Waals surface area contributed by atoms with Crippen molar-refractivity contribution in [2.24, 2.45) is 5.73 Å². The van der Waals surface area contributed by atoms with Gasteiger partial charge in [-0.25, -0.2) is 0 Å². The van der Waals surface area contributed by atoms with Crippen LogP contribution in [0.25, 0.3) is 0 Å². The number of nitrogens with two attached hydrogens (primary N) is 1. The summed E-state index contributed by atoms with van der Waals surface area (Å²) in [6, 6.07) is 0. The van der Waals surface area contributed by atoms with Crippen LogP contribution in [0.15, 0.2) is 73.2 Å². The minimum absolute atomic E-state index is 0.0640. The highest BCUT2D eigenvalue weighted by Crippen LogP contribution is 2.16. The van der Waals surface area contributed by atoms with Gasteiger partial charge in [-0.2, -0.15) is 0 Å². The molecule has 0 heterocycles. The fourth-order valence-corrected chi connectivity index (χ4v) is 1.32. The zero-order chi connectivity index (χ0) is 14.2. The maximum Gasteiger partial charge on any atom is 0.0438 e. The van der Waals surface area contributed by atoms with Gasteiger partial charge < -0.3 is 11.1 Å². The molecule has 0 amide bonds. The Morgan fingerprint density at radius 3 is 2.06 bits per heavy atom. The molecule has 0 atom stereocenters. The standard InChI is InChI=1S/C16H24N2/c1-7-9-10-12-14(13(3)17)15(11-8-2)18-16(4,5)6/h7-12,18H,1-3,17H2,4-6H3/b10-9-,14-12+,15-11+. The van der Waals surface area contributed by atoms with Crippen molar-refractivity contribution >= 4 is 0 Å². The second kappa shape index (κ2) is 7.38. The molecule has 2 heteroatoms. The summed E-state index contributed by atoms with van der Waals surface area (Å²) in [6.45, 7) is 17.4. The van der Waals surface area contributed by atoms with Crippen molar-refractivity contribution in [2.45, 2.75) is 26.3 Å². The molecule has 0 saturated heterocycles. The van der Waals surface area contributed by atoms with Crippen LogP contribution >= 0.6 is 0 Å². The SMILES string of the molecule is C=C\C=C/C=C(C(=C)N)/C(=C\C=C)NC(C)(C)C. The number of nitrogens with one attached hydrogen (secondary N) is 1. The molecule has 18 heavy (non-hydrogen) atoms. The van der Waals surface area contributed by atoms with Gasteiger partial charge in [-0.1, -0.05) is 50.1 Å². The maximum absolute atomic E-state index is 5.83. The molecule has 0 saturated carbocycles. The first kappa shape index (κ1) is 16.0. The van der Waals surface area contributed by atoms with E-state index < -0.39 is 0 Å². The van der Waals surface area contributed by atoms with Gasteiger partial charge in [-0.05, 0) is 26.8 Å². The molecule has 0 aliphatic carbocycles. The third kappa shape index (κ3) is 6.59. The van der Waals surface area contributed by atoms with Gasteiger partial charge in [0.2, 0.25) is 0 Å². The Labute approximate surface area is 111 Å². The van der Waals surface area contributed by atoms with Gasteiger partial charge in [0.15, 0.2) is 0 Å². The van der Waals surface area contributed by atoms with E-state index in [-0.39, 0.29) is 5.54 Å². The topological polar surface area (TPSA) is 38.0 Å². The van der Waals surface area contributed by atoms with Gasteiger partial charge in [0.25, 0.3) is 0 Å². The smallest absolute Gasteiger partial charge is 0.0438 e. The van der Waals surface area contributed by atoms with E-state index in [9.17, 15) is 0 Å². The largest absolute Gasteiger partial charge is 0.399 e. The van der Waals surface area contributed by atoms with Crippen LogP contribution in [0.4, 0.5) is 0 Å². The maximum atomic E-state index is 5.83. The molecule has 98 valence electrons. The van der Waals surface area contributed by atoms with E-state index in [1.54, 1.807) is 12.2 Å². The predicted molar refractivity (Wildman–Crippen MR) is 81.9 cm³/mol. The Morgan fingerprint density at radius 1 is 1.06 bits per heavy atom. The van der Waals surface area contributed by atoms with Crippen molar-refractivity contribution in [3.05, 3.63) is 73.2 Å². The number of hydrogen-bond acceptors (Lipinski definition) is 2. The van der Waals surface area contributed by atoms with Crippen LogP contribution in [0.2, 0.25) is 0 Å². The van der Waals surface area contributed by atoms with Crippen LogP contribution in [0.1, 0.15) is 20.8 Å². The van der Waals surface area contributed by atoms with Gasteiger partial charge in [0.1, 0.15) is 0 Å². The molecule has 0 aromatic carbocycles. The summed E-state index contributed by atoms with van der Waals surface area (Å²) in [6.07, 6.45) is 10.9. The molecule has 0 unspecified atom stereocenters. The molecule has 0 aliphatic rings. The van der Waals surface area contributed by atoms with E-state index in [0.717, 1.165) is 11.3 Å². The van der Waals surface area contributed by atoms with Gasteiger partial charge in [0, 0.05) is 22.5 Å². The first-order valence-corrected chi connectivity index (χ1v) is 5.87. The van der Waals surface area contributed by atoms with E-state index in [1.165, 1.54) is 0 Å². The van der Waals surface area contributed by atoms with Crippen molar-refractivity contribution in [1.29, 1.82) is 0 Å². The van der Waals surface area contributed by atoms with Crippen LogP contribution in [-0.2, 0) is 0 Å². The summed E-state index contributed by atoms with van der Waals surface area (Å²) in [4.78, 5) is 0. The summed E-state index contributed by atoms with van der Waals surface area (Å²) >= 11 is 0. The minimum atomic E-state index is -0.0640. The number of allylic oxidation sites excluding steroid dienone is 6. The Morgan fingerprint density at radius 2 is 1.67 bits per heavy atom. The summed E-state index contributed by atoms with van der Waals surface area (Å²) in [5.74, 6) is 0. The zero-order valence-corrected chi connectivity index (χ0v) is 11.7.